The van der Waals surface area contributed by atoms with E-state index >= 15 is 0 Å². The number of fused-ring (bicyclic) bond motifs is 1. The molecule has 1 aliphatic rings. The molecule has 0 bridgehead atoms. The van der Waals surface area contributed by atoms with E-state index in [1.54, 1.807) is 20.3 Å². The van der Waals surface area contributed by atoms with Crippen molar-refractivity contribution in [2.24, 2.45) is 5.92 Å². The van der Waals surface area contributed by atoms with Crippen LogP contribution >= 0.6 is 0 Å². The van der Waals surface area contributed by atoms with E-state index in [0.717, 1.165) is 17.0 Å². The average Bonchev–Trinajstić information content (AvgIpc) is 2.74. The minimum atomic E-state index is 0.131. The van der Waals surface area contributed by atoms with Gasteiger partial charge in [0.05, 0.1) is 20.3 Å². The third kappa shape index (κ3) is 3.15. The van der Waals surface area contributed by atoms with Gasteiger partial charge in [-0.25, -0.2) is 0 Å². The highest BCUT2D eigenvalue weighted by atomic mass is 16.5. The number of benzene rings is 3. The van der Waals surface area contributed by atoms with E-state index in [1.807, 2.05) is 24.3 Å². The maximum atomic E-state index is 10.0. The van der Waals surface area contributed by atoms with E-state index in [4.69, 9.17) is 9.47 Å². The summed E-state index contributed by atoms with van der Waals surface area (Å²) in [5.74, 6) is 1.88. The SMILES string of the molecule is COc1ccc2c(c1)[C@@H](c1ccc(O)c(OC)c1)[C@H](C)[C@@H](c1ccccc1)N2. The standard InChI is InChI=1S/C24H25NO3/c1-15-23(17-9-12-21(26)22(13-17)28-3)19-14-18(27-2)10-11-20(19)25-24(15)16-7-5-4-6-8-16/h4-15,23-26H,1-3H3/t15-,23+,24-/m0/s1. The highest BCUT2D eigenvalue weighted by molar-refractivity contribution is 5.62. The summed E-state index contributed by atoms with van der Waals surface area (Å²) >= 11 is 0. The van der Waals surface area contributed by atoms with Gasteiger partial charge in [-0.15, -0.1) is 0 Å². The lowest BCUT2D eigenvalue weighted by atomic mass is 9.73. The van der Waals surface area contributed by atoms with Gasteiger partial charge in [-0.05, 0) is 52.9 Å². The number of hydrogen-bond donors (Lipinski definition) is 2. The van der Waals surface area contributed by atoms with Crippen LogP contribution < -0.4 is 14.8 Å². The summed E-state index contributed by atoms with van der Waals surface area (Å²) in [5.41, 5.74) is 4.66. The molecule has 0 fully saturated rings. The second kappa shape index (κ2) is 7.47. The van der Waals surface area contributed by atoms with Crippen LogP contribution in [0.15, 0.2) is 66.7 Å². The monoisotopic (exact) mass is 375 g/mol. The van der Waals surface area contributed by atoms with Crippen LogP contribution in [-0.4, -0.2) is 19.3 Å². The van der Waals surface area contributed by atoms with Crippen molar-refractivity contribution in [3.63, 3.8) is 0 Å². The maximum Gasteiger partial charge on any atom is 0.160 e. The molecule has 3 atom stereocenters. The summed E-state index contributed by atoms with van der Waals surface area (Å²) in [4.78, 5) is 0. The third-order valence-corrected chi connectivity index (χ3v) is 5.68. The van der Waals surface area contributed by atoms with Gasteiger partial charge in [0.15, 0.2) is 11.5 Å². The van der Waals surface area contributed by atoms with Crippen LogP contribution in [0.3, 0.4) is 0 Å². The van der Waals surface area contributed by atoms with E-state index in [0.29, 0.717) is 5.75 Å². The quantitative estimate of drug-likeness (QED) is 0.646. The average molecular weight is 375 g/mol. The number of aromatic hydroxyl groups is 1. The van der Waals surface area contributed by atoms with E-state index in [2.05, 4.69) is 48.6 Å². The number of anilines is 1. The molecule has 4 nitrogen and oxygen atoms in total. The summed E-state index contributed by atoms with van der Waals surface area (Å²) in [5, 5.41) is 13.8. The summed E-state index contributed by atoms with van der Waals surface area (Å²) in [6.07, 6.45) is 0. The van der Waals surface area contributed by atoms with Crippen molar-refractivity contribution in [2.45, 2.75) is 18.9 Å². The number of hydrogen-bond acceptors (Lipinski definition) is 4. The predicted octanol–water partition coefficient (Wildman–Crippen LogP) is 5.34. The van der Waals surface area contributed by atoms with Gasteiger partial charge < -0.3 is 19.9 Å². The molecule has 0 spiro atoms. The first kappa shape index (κ1) is 18.2. The van der Waals surface area contributed by atoms with E-state index < -0.39 is 0 Å². The second-order valence-corrected chi connectivity index (χ2v) is 7.25. The summed E-state index contributed by atoms with van der Waals surface area (Å²) < 4.78 is 10.8. The molecule has 144 valence electrons. The van der Waals surface area contributed by atoms with Gasteiger partial charge in [-0.1, -0.05) is 43.3 Å². The molecule has 0 aromatic heterocycles. The Bertz CT molecular complexity index is 971. The summed E-state index contributed by atoms with van der Waals surface area (Å²) in [6, 6.07) is 22.5. The predicted molar refractivity (Wildman–Crippen MR) is 111 cm³/mol. The Balaban J connectivity index is 1.86. The van der Waals surface area contributed by atoms with Crippen LogP contribution in [0.5, 0.6) is 17.2 Å². The lowest BCUT2D eigenvalue weighted by Crippen LogP contribution is -2.30. The van der Waals surface area contributed by atoms with Gasteiger partial charge in [-0.2, -0.15) is 0 Å². The molecule has 1 heterocycles. The van der Waals surface area contributed by atoms with Crippen LogP contribution in [0.4, 0.5) is 5.69 Å². The zero-order valence-corrected chi connectivity index (χ0v) is 16.3. The zero-order chi connectivity index (χ0) is 19.7. The Morgan fingerprint density at radius 3 is 2.36 bits per heavy atom. The summed E-state index contributed by atoms with van der Waals surface area (Å²) in [7, 11) is 3.27. The van der Waals surface area contributed by atoms with Crippen molar-refractivity contribution in [1.29, 1.82) is 0 Å². The topological polar surface area (TPSA) is 50.7 Å². The summed E-state index contributed by atoms with van der Waals surface area (Å²) in [6.45, 7) is 2.26. The third-order valence-electron chi connectivity index (χ3n) is 5.68. The molecule has 1 aliphatic heterocycles. The largest absolute Gasteiger partial charge is 0.504 e. The minimum Gasteiger partial charge on any atom is -0.504 e. The normalized spacial score (nSPS) is 20.8. The Kier molecular flexibility index (Phi) is 4.86. The van der Waals surface area contributed by atoms with Gasteiger partial charge in [0.1, 0.15) is 5.75 Å². The number of ether oxygens (including phenoxy) is 2. The molecule has 0 amide bonds. The van der Waals surface area contributed by atoms with Crippen molar-refractivity contribution >= 4 is 5.69 Å². The molecule has 28 heavy (non-hydrogen) atoms. The number of nitrogens with one attached hydrogen (secondary N) is 1. The molecular weight excluding hydrogens is 350 g/mol. The van der Waals surface area contributed by atoms with Crippen molar-refractivity contribution in [1.82, 2.24) is 0 Å². The smallest absolute Gasteiger partial charge is 0.160 e. The Labute approximate surface area is 165 Å². The first-order valence-electron chi connectivity index (χ1n) is 9.48. The van der Waals surface area contributed by atoms with Gasteiger partial charge in [-0.3, -0.25) is 0 Å². The maximum absolute atomic E-state index is 10.0. The van der Waals surface area contributed by atoms with E-state index in [9.17, 15) is 5.11 Å². The fourth-order valence-corrected chi connectivity index (χ4v) is 4.25. The number of methoxy groups -OCH3 is 2. The molecule has 3 aromatic carbocycles. The molecule has 0 saturated heterocycles. The fourth-order valence-electron chi connectivity index (χ4n) is 4.25. The molecule has 4 rings (SSSR count). The van der Waals surface area contributed by atoms with Crippen molar-refractivity contribution in [3.8, 4) is 17.2 Å². The Morgan fingerprint density at radius 2 is 1.64 bits per heavy atom. The highest BCUT2D eigenvalue weighted by Gasteiger charge is 2.36. The van der Waals surface area contributed by atoms with Crippen LogP contribution in [0.1, 0.15) is 35.6 Å². The van der Waals surface area contributed by atoms with Crippen molar-refractivity contribution < 1.29 is 14.6 Å². The van der Waals surface area contributed by atoms with E-state index in [-0.39, 0.29) is 23.6 Å². The van der Waals surface area contributed by atoms with Crippen LogP contribution in [0, 0.1) is 5.92 Å². The van der Waals surface area contributed by atoms with Crippen LogP contribution in [0.2, 0.25) is 0 Å². The van der Waals surface area contributed by atoms with E-state index in [1.165, 1.54) is 11.1 Å². The number of rotatable bonds is 4. The van der Waals surface area contributed by atoms with Gasteiger partial charge in [0, 0.05) is 11.6 Å². The fraction of sp³-hybridized carbons (Fsp3) is 0.250. The zero-order valence-electron chi connectivity index (χ0n) is 16.3. The Hall–Kier alpha value is -3.14. The molecule has 0 radical (unpaired) electrons. The van der Waals surface area contributed by atoms with Crippen molar-refractivity contribution in [2.75, 3.05) is 19.5 Å². The molecule has 2 N–H and O–H groups in total. The first-order chi connectivity index (χ1) is 13.6. The highest BCUT2D eigenvalue weighted by Crippen LogP contribution is 2.49. The van der Waals surface area contributed by atoms with Gasteiger partial charge in [0.2, 0.25) is 0 Å². The van der Waals surface area contributed by atoms with Crippen LogP contribution in [-0.2, 0) is 0 Å². The van der Waals surface area contributed by atoms with Crippen LogP contribution in [0.25, 0.3) is 0 Å². The van der Waals surface area contributed by atoms with Crippen molar-refractivity contribution in [3.05, 3.63) is 83.4 Å². The first-order valence-corrected chi connectivity index (χ1v) is 9.48. The molecule has 3 aromatic rings. The molecule has 0 saturated carbocycles. The second-order valence-electron chi connectivity index (χ2n) is 7.25. The minimum absolute atomic E-state index is 0.131. The molecule has 0 aliphatic carbocycles. The number of phenols is 1. The molecular formula is C24H25NO3. The molecule has 4 heteroatoms. The van der Waals surface area contributed by atoms with Gasteiger partial charge in [0.25, 0.3) is 0 Å². The lowest BCUT2D eigenvalue weighted by Gasteiger charge is -2.40. The Morgan fingerprint density at radius 1 is 0.857 bits per heavy atom. The lowest BCUT2D eigenvalue weighted by molar-refractivity contribution is 0.370. The molecule has 0 unspecified atom stereocenters. The van der Waals surface area contributed by atoms with Gasteiger partial charge >= 0.3 is 0 Å². The number of phenolic OH excluding ortho intramolecular Hbond substituents is 1.